The fraction of sp³-hybridized carbons (Fsp3) is 0.500. The lowest BCUT2D eigenvalue weighted by Crippen LogP contribution is -1.89. The molecule has 0 saturated carbocycles. The average molecular weight is 168 g/mol. The van der Waals surface area contributed by atoms with Crippen LogP contribution >= 0.6 is 11.6 Å². The van der Waals surface area contributed by atoms with Crippen molar-refractivity contribution in [1.29, 1.82) is 0 Å². The Hall–Kier alpha value is -0.710. The van der Waals surface area contributed by atoms with Gasteiger partial charge in [-0.25, -0.2) is 8.78 Å². The third-order valence-electron chi connectivity index (χ3n) is 0.992. The minimum absolute atomic E-state index is 0.0212. The zero-order chi connectivity index (χ0) is 7.56. The Morgan fingerprint density at radius 2 is 2.30 bits per heavy atom. The molecule has 56 valence electrons. The number of H-pyrrole nitrogens is 1. The Morgan fingerprint density at radius 3 is 2.70 bits per heavy atom. The van der Waals surface area contributed by atoms with Crippen molar-refractivity contribution in [2.75, 3.05) is 0 Å². The molecular weight excluding hydrogens is 164 g/mol. The molecule has 0 aliphatic rings. The quantitative estimate of drug-likeness (QED) is 0.678. The highest BCUT2D eigenvalue weighted by molar-refractivity contribution is 6.16. The SMILES string of the molecule is FC(F)c1nn[nH]c1CCl. The Morgan fingerprint density at radius 1 is 1.60 bits per heavy atom. The second-order valence-corrected chi connectivity index (χ2v) is 1.88. The summed E-state index contributed by atoms with van der Waals surface area (Å²) in [7, 11) is 0. The lowest BCUT2D eigenvalue weighted by molar-refractivity contribution is 0.145. The van der Waals surface area contributed by atoms with E-state index in [9.17, 15) is 8.78 Å². The van der Waals surface area contributed by atoms with Crippen molar-refractivity contribution in [1.82, 2.24) is 15.4 Å². The van der Waals surface area contributed by atoms with Crippen LogP contribution in [0.4, 0.5) is 8.78 Å². The van der Waals surface area contributed by atoms with Gasteiger partial charge in [-0.3, -0.25) is 5.10 Å². The van der Waals surface area contributed by atoms with Crippen LogP contribution in [0, 0.1) is 0 Å². The molecule has 0 amide bonds. The topological polar surface area (TPSA) is 41.6 Å². The maximum absolute atomic E-state index is 11.9. The molecule has 1 aromatic heterocycles. The number of alkyl halides is 3. The summed E-state index contributed by atoms with van der Waals surface area (Å²) in [6, 6.07) is 0. The first kappa shape index (κ1) is 7.40. The highest BCUT2D eigenvalue weighted by Gasteiger charge is 2.15. The van der Waals surface area contributed by atoms with Gasteiger partial charge in [-0.15, -0.1) is 16.7 Å². The first-order valence-corrected chi connectivity index (χ1v) is 3.03. The number of nitrogens with one attached hydrogen (secondary N) is 1. The first-order chi connectivity index (χ1) is 4.75. The van der Waals surface area contributed by atoms with Gasteiger partial charge in [-0.1, -0.05) is 5.21 Å². The van der Waals surface area contributed by atoms with Crippen molar-refractivity contribution in [3.05, 3.63) is 11.4 Å². The van der Waals surface area contributed by atoms with Gasteiger partial charge in [0.15, 0.2) is 5.69 Å². The van der Waals surface area contributed by atoms with E-state index in [-0.39, 0.29) is 17.3 Å². The van der Waals surface area contributed by atoms with E-state index in [0.29, 0.717) is 0 Å². The normalized spacial score (nSPS) is 10.8. The fourth-order valence-electron chi connectivity index (χ4n) is 0.531. The van der Waals surface area contributed by atoms with Gasteiger partial charge in [-0.2, -0.15) is 0 Å². The number of aromatic nitrogens is 3. The molecule has 0 aromatic carbocycles. The van der Waals surface area contributed by atoms with Gasteiger partial charge in [0.2, 0.25) is 0 Å². The van der Waals surface area contributed by atoms with Crippen LogP contribution in [0.15, 0.2) is 0 Å². The standard InChI is InChI=1S/C4H4ClF2N3/c5-1-2-3(4(6)7)9-10-8-2/h4H,1H2,(H,8,9,10). The van der Waals surface area contributed by atoms with Gasteiger partial charge < -0.3 is 0 Å². The molecule has 0 spiro atoms. The molecule has 0 saturated heterocycles. The van der Waals surface area contributed by atoms with Crippen molar-refractivity contribution < 1.29 is 8.78 Å². The third kappa shape index (κ3) is 1.23. The molecule has 1 aromatic rings. The summed E-state index contributed by atoms with van der Waals surface area (Å²) in [5.41, 5.74) is -0.188. The number of hydrogen-bond donors (Lipinski definition) is 1. The summed E-state index contributed by atoms with van der Waals surface area (Å²) < 4.78 is 23.7. The number of aromatic amines is 1. The summed E-state index contributed by atoms with van der Waals surface area (Å²) >= 11 is 5.27. The summed E-state index contributed by atoms with van der Waals surface area (Å²) in [6.45, 7) is 0. The van der Waals surface area contributed by atoms with E-state index in [0.717, 1.165) is 0 Å². The Kier molecular flexibility index (Phi) is 2.16. The fourth-order valence-corrected chi connectivity index (χ4v) is 0.727. The van der Waals surface area contributed by atoms with Crippen molar-refractivity contribution >= 4 is 11.6 Å². The van der Waals surface area contributed by atoms with Crippen molar-refractivity contribution in [3.8, 4) is 0 Å². The smallest absolute Gasteiger partial charge is 0.261 e. The summed E-state index contributed by atoms with van der Waals surface area (Å²) in [4.78, 5) is 0. The van der Waals surface area contributed by atoms with Crippen molar-refractivity contribution in [2.24, 2.45) is 0 Å². The molecule has 1 rings (SSSR count). The molecule has 0 bridgehead atoms. The minimum atomic E-state index is -2.60. The third-order valence-corrected chi connectivity index (χ3v) is 1.26. The molecule has 1 heterocycles. The minimum Gasteiger partial charge on any atom is -0.261 e. The van der Waals surface area contributed by atoms with Crippen molar-refractivity contribution in [2.45, 2.75) is 12.3 Å². The van der Waals surface area contributed by atoms with Crippen LogP contribution in [0.5, 0.6) is 0 Å². The molecule has 0 aliphatic heterocycles. The molecule has 0 fully saturated rings. The highest BCUT2D eigenvalue weighted by Crippen LogP contribution is 2.19. The van der Waals surface area contributed by atoms with Gasteiger partial charge in [0.05, 0.1) is 11.6 Å². The second-order valence-electron chi connectivity index (χ2n) is 1.61. The molecular formula is C4H4ClF2N3. The largest absolute Gasteiger partial charge is 0.284 e. The van der Waals surface area contributed by atoms with Crippen LogP contribution in [0.1, 0.15) is 17.8 Å². The molecule has 3 nitrogen and oxygen atoms in total. The van der Waals surface area contributed by atoms with E-state index in [1.165, 1.54) is 0 Å². The van der Waals surface area contributed by atoms with Gasteiger partial charge in [0, 0.05) is 0 Å². The number of halogens is 3. The Bertz CT molecular complexity index is 212. The Balaban J connectivity index is 2.90. The van der Waals surface area contributed by atoms with Crippen LogP contribution in [-0.4, -0.2) is 15.4 Å². The maximum atomic E-state index is 11.9. The molecule has 10 heavy (non-hydrogen) atoms. The lowest BCUT2D eigenvalue weighted by Gasteiger charge is -1.92. The van der Waals surface area contributed by atoms with Crippen LogP contribution in [0.3, 0.4) is 0 Å². The first-order valence-electron chi connectivity index (χ1n) is 2.49. The van der Waals surface area contributed by atoms with Crippen molar-refractivity contribution in [3.63, 3.8) is 0 Å². The van der Waals surface area contributed by atoms with Gasteiger partial charge >= 0.3 is 0 Å². The van der Waals surface area contributed by atoms with Crippen LogP contribution in [0.2, 0.25) is 0 Å². The summed E-state index contributed by atoms with van der Waals surface area (Å²) in [5, 5.41) is 8.59. The molecule has 6 heteroatoms. The molecule has 0 unspecified atom stereocenters. The monoisotopic (exact) mass is 167 g/mol. The van der Waals surface area contributed by atoms with E-state index in [4.69, 9.17) is 11.6 Å². The highest BCUT2D eigenvalue weighted by atomic mass is 35.5. The number of rotatable bonds is 2. The van der Waals surface area contributed by atoms with E-state index < -0.39 is 6.43 Å². The van der Waals surface area contributed by atoms with Gasteiger partial charge in [0.1, 0.15) is 0 Å². The van der Waals surface area contributed by atoms with E-state index in [1.54, 1.807) is 0 Å². The summed E-state index contributed by atoms with van der Waals surface area (Å²) in [6.07, 6.45) is -2.60. The zero-order valence-corrected chi connectivity index (χ0v) is 5.57. The second kappa shape index (κ2) is 2.92. The molecule has 0 atom stereocenters. The Labute approximate surface area is 60.4 Å². The van der Waals surface area contributed by atoms with Gasteiger partial charge in [0.25, 0.3) is 6.43 Å². The van der Waals surface area contributed by atoms with Crippen LogP contribution < -0.4 is 0 Å². The zero-order valence-electron chi connectivity index (χ0n) is 4.81. The van der Waals surface area contributed by atoms with Crippen LogP contribution in [0.25, 0.3) is 0 Å². The number of hydrogen-bond acceptors (Lipinski definition) is 2. The number of nitrogens with zero attached hydrogens (tertiary/aromatic N) is 2. The van der Waals surface area contributed by atoms with Crippen LogP contribution in [-0.2, 0) is 5.88 Å². The van der Waals surface area contributed by atoms with E-state index in [1.807, 2.05) is 0 Å². The lowest BCUT2D eigenvalue weighted by atomic mass is 10.4. The van der Waals surface area contributed by atoms with Gasteiger partial charge in [-0.05, 0) is 0 Å². The maximum Gasteiger partial charge on any atom is 0.284 e. The summed E-state index contributed by atoms with van der Waals surface area (Å²) in [5.74, 6) is -0.0212. The molecule has 1 N–H and O–H groups in total. The predicted molar refractivity (Wildman–Crippen MR) is 30.9 cm³/mol. The average Bonchev–Trinajstić information content (AvgIpc) is 2.33. The molecule has 0 radical (unpaired) electrons. The van der Waals surface area contributed by atoms with E-state index >= 15 is 0 Å². The predicted octanol–water partition coefficient (Wildman–Crippen LogP) is 1.48. The molecule has 0 aliphatic carbocycles. The van der Waals surface area contributed by atoms with E-state index in [2.05, 4.69) is 15.4 Å².